The van der Waals surface area contributed by atoms with E-state index in [-0.39, 0.29) is 0 Å². The molecule has 0 saturated carbocycles. The van der Waals surface area contributed by atoms with Crippen molar-refractivity contribution in [3.05, 3.63) is 35.9 Å². The molecule has 0 spiro atoms. The summed E-state index contributed by atoms with van der Waals surface area (Å²) in [7, 11) is 1.88. The van der Waals surface area contributed by atoms with Gasteiger partial charge in [0, 0.05) is 18.5 Å². The molecule has 1 aromatic carbocycles. The summed E-state index contributed by atoms with van der Waals surface area (Å²) >= 11 is 0. The van der Waals surface area contributed by atoms with Crippen molar-refractivity contribution in [3.8, 4) is 0 Å². The van der Waals surface area contributed by atoms with Crippen molar-refractivity contribution < 1.29 is 4.79 Å². The maximum atomic E-state index is 11.5. The van der Waals surface area contributed by atoms with Crippen LogP contribution >= 0.6 is 0 Å². The van der Waals surface area contributed by atoms with Crippen molar-refractivity contribution >= 4 is 22.6 Å². The van der Waals surface area contributed by atoms with Gasteiger partial charge in [0.05, 0.1) is 11.1 Å². The lowest BCUT2D eigenvalue weighted by Crippen LogP contribution is -2.19. The Balaban J connectivity index is 2.41. The first kappa shape index (κ1) is 12.3. The lowest BCUT2D eigenvalue weighted by Gasteiger charge is -2.09. The summed E-state index contributed by atoms with van der Waals surface area (Å²) in [6.07, 6.45) is 0. The second-order valence-corrected chi connectivity index (χ2v) is 3.97. The van der Waals surface area contributed by atoms with Gasteiger partial charge in [-0.3, -0.25) is 4.79 Å². The molecule has 0 saturated heterocycles. The van der Waals surface area contributed by atoms with E-state index < -0.39 is 5.91 Å². The van der Waals surface area contributed by atoms with Crippen molar-refractivity contribution in [3.63, 3.8) is 0 Å². The summed E-state index contributed by atoms with van der Waals surface area (Å²) in [6, 6.07) is 9.16. The Kier molecular flexibility index (Phi) is 3.74. The Morgan fingerprint density at radius 1 is 1.33 bits per heavy atom. The van der Waals surface area contributed by atoms with Gasteiger partial charge in [-0.2, -0.15) is 0 Å². The molecule has 0 aliphatic rings. The summed E-state index contributed by atoms with van der Waals surface area (Å²) in [4.78, 5) is 15.9. The van der Waals surface area contributed by atoms with E-state index in [1.165, 1.54) is 0 Å². The summed E-state index contributed by atoms with van der Waals surface area (Å²) in [5.74, 6) is 0.225. The average Bonchev–Trinajstić information content (AvgIpc) is 2.38. The molecule has 0 atom stereocenters. The number of fused-ring (bicyclic) bond motifs is 1. The number of nitrogens with one attached hydrogen (secondary N) is 2. The van der Waals surface area contributed by atoms with E-state index in [0.29, 0.717) is 11.4 Å². The highest BCUT2D eigenvalue weighted by Gasteiger charge is 2.09. The number of pyridine rings is 1. The number of aromatic nitrogens is 1. The SMILES string of the molecule is CNCCNc1cc(C(N)=O)c2ccccc2n1. The summed E-state index contributed by atoms with van der Waals surface area (Å²) in [6.45, 7) is 1.56. The van der Waals surface area contributed by atoms with Crippen molar-refractivity contribution in [2.45, 2.75) is 0 Å². The number of hydrogen-bond acceptors (Lipinski definition) is 4. The summed E-state index contributed by atoms with van der Waals surface area (Å²) < 4.78 is 0. The number of primary amides is 1. The van der Waals surface area contributed by atoms with Gasteiger partial charge in [0.25, 0.3) is 0 Å². The third kappa shape index (κ3) is 2.57. The van der Waals surface area contributed by atoms with Crippen LogP contribution in [0.5, 0.6) is 0 Å². The highest BCUT2D eigenvalue weighted by molar-refractivity contribution is 6.06. The quantitative estimate of drug-likeness (QED) is 0.684. The van der Waals surface area contributed by atoms with Gasteiger partial charge in [-0.1, -0.05) is 18.2 Å². The van der Waals surface area contributed by atoms with Gasteiger partial charge in [-0.25, -0.2) is 4.98 Å². The molecule has 2 rings (SSSR count). The first-order valence-electron chi connectivity index (χ1n) is 5.80. The number of carbonyl (C=O) groups is 1. The zero-order chi connectivity index (χ0) is 13.0. The molecule has 0 radical (unpaired) electrons. The monoisotopic (exact) mass is 244 g/mol. The van der Waals surface area contributed by atoms with E-state index in [9.17, 15) is 4.79 Å². The van der Waals surface area contributed by atoms with Crippen LogP contribution in [-0.4, -0.2) is 31.0 Å². The average molecular weight is 244 g/mol. The van der Waals surface area contributed by atoms with Crippen LogP contribution in [0.1, 0.15) is 10.4 Å². The number of hydrogen-bond donors (Lipinski definition) is 3. The van der Waals surface area contributed by atoms with Gasteiger partial charge in [-0.05, 0) is 19.2 Å². The molecule has 0 bridgehead atoms. The van der Waals surface area contributed by atoms with Gasteiger partial charge in [0.15, 0.2) is 0 Å². The molecule has 0 aliphatic carbocycles. The van der Waals surface area contributed by atoms with E-state index in [1.54, 1.807) is 6.07 Å². The fourth-order valence-electron chi connectivity index (χ4n) is 1.79. The van der Waals surface area contributed by atoms with Crippen molar-refractivity contribution in [2.24, 2.45) is 5.73 Å². The van der Waals surface area contributed by atoms with Crippen LogP contribution in [-0.2, 0) is 0 Å². The van der Waals surface area contributed by atoms with Crippen LogP contribution in [0.2, 0.25) is 0 Å². The standard InChI is InChI=1S/C13H16N4O/c1-15-6-7-16-12-8-10(13(14)18)9-4-2-3-5-11(9)17-12/h2-5,8,15H,6-7H2,1H3,(H2,14,18)(H,16,17). The van der Waals surface area contributed by atoms with Crippen LogP contribution < -0.4 is 16.4 Å². The molecular formula is C13H16N4O. The Morgan fingerprint density at radius 2 is 2.11 bits per heavy atom. The van der Waals surface area contributed by atoms with Crippen LogP contribution in [0.25, 0.3) is 10.9 Å². The van der Waals surface area contributed by atoms with E-state index in [4.69, 9.17) is 5.73 Å². The first-order chi connectivity index (χ1) is 8.72. The molecule has 5 heteroatoms. The Morgan fingerprint density at radius 3 is 2.83 bits per heavy atom. The lowest BCUT2D eigenvalue weighted by atomic mass is 10.1. The minimum Gasteiger partial charge on any atom is -0.369 e. The number of rotatable bonds is 5. The highest BCUT2D eigenvalue weighted by Crippen LogP contribution is 2.20. The smallest absolute Gasteiger partial charge is 0.249 e. The largest absolute Gasteiger partial charge is 0.369 e. The molecule has 18 heavy (non-hydrogen) atoms. The molecule has 1 amide bonds. The minimum absolute atomic E-state index is 0.440. The Bertz CT molecular complexity index is 568. The van der Waals surface area contributed by atoms with Crippen LogP contribution in [0.15, 0.2) is 30.3 Å². The number of anilines is 1. The molecule has 5 nitrogen and oxygen atoms in total. The number of nitrogens with two attached hydrogens (primary N) is 1. The molecular weight excluding hydrogens is 228 g/mol. The number of likely N-dealkylation sites (N-methyl/N-ethyl adjacent to an activating group) is 1. The topological polar surface area (TPSA) is 80.0 Å². The molecule has 0 aliphatic heterocycles. The van der Waals surface area contributed by atoms with E-state index in [1.807, 2.05) is 31.3 Å². The van der Waals surface area contributed by atoms with Gasteiger partial charge >= 0.3 is 0 Å². The van der Waals surface area contributed by atoms with Crippen molar-refractivity contribution in [1.29, 1.82) is 0 Å². The third-order valence-electron chi connectivity index (χ3n) is 2.66. The fraction of sp³-hybridized carbons (Fsp3) is 0.231. The number of carbonyl (C=O) groups excluding carboxylic acids is 1. The molecule has 2 aromatic rings. The zero-order valence-corrected chi connectivity index (χ0v) is 10.2. The van der Waals surface area contributed by atoms with Gasteiger partial charge < -0.3 is 16.4 Å². The lowest BCUT2D eigenvalue weighted by molar-refractivity contribution is 0.100. The predicted octanol–water partition coefficient (Wildman–Crippen LogP) is 0.965. The Hall–Kier alpha value is -2.14. The van der Waals surface area contributed by atoms with E-state index >= 15 is 0 Å². The number of amides is 1. The summed E-state index contributed by atoms with van der Waals surface area (Å²) in [5, 5.41) is 6.96. The van der Waals surface area contributed by atoms with Crippen molar-refractivity contribution in [2.75, 3.05) is 25.5 Å². The molecule has 0 unspecified atom stereocenters. The van der Waals surface area contributed by atoms with E-state index in [2.05, 4.69) is 15.6 Å². The minimum atomic E-state index is -0.440. The Labute approximate surface area is 105 Å². The summed E-state index contributed by atoms with van der Waals surface area (Å²) in [5.41, 5.74) is 6.65. The van der Waals surface area contributed by atoms with Gasteiger partial charge in [-0.15, -0.1) is 0 Å². The fourth-order valence-corrected chi connectivity index (χ4v) is 1.79. The predicted molar refractivity (Wildman–Crippen MR) is 72.7 cm³/mol. The van der Waals surface area contributed by atoms with Crippen LogP contribution in [0.4, 0.5) is 5.82 Å². The van der Waals surface area contributed by atoms with E-state index in [0.717, 1.165) is 24.0 Å². The maximum absolute atomic E-state index is 11.5. The second-order valence-electron chi connectivity index (χ2n) is 3.97. The van der Waals surface area contributed by atoms with Crippen molar-refractivity contribution in [1.82, 2.24) is 10.3 Å². The number of para-hydroxylation sites is 1. The molecule has 94 valence electrons. The molecule has 0 fully saturated rings. The van der Waals surface area contributed by atoms with Gasteiger partial charge in [0.1, 0.15) is 5.82 Å². The first-order valence-corrected chi connectivity index (χ1v) is 5.80. The molecule has 1 aromatic heterocycles. The normalized spacial score (nSPS) is 10.5. The number of benzene rings is 1. The maximum Gasteiger partial charge on any atom is 0.249 e. The van der Waals surface area contributed by atoms with Crippen LogP contribution in [0.3, 0.4) is 0 Å². The molecule has 4 N–H and O–H groups in total. The number of nitrogens with zero attached hydrogens (tertiary/aromatic N) is 1. The van der Waals surface area contributed by atoms with Crippen LogP contribution in [0, 0.1) is 0 Å². The highest BCUT2D eigenvalue weighted by atomic mass is 16.1. The second kappa shape index (κ2) is 5.46. The third-order valence-corrected chi connectivity index (χ3v) is 2.66. The molecule has 1 heterocycles. The zero-order valence-electron chi connectivity index (χ0n) is 10.2. The van der Waals surface area contributed by atoms with Gasteiger partial charge in [0.2, 0.25) is 5.91 Å².